The van der Waals surface area contributed by atoms with Gasteiger partial charge < -0.3 is 25.0 Å². The van der Waals surface area contributed by atoms with Gasteiger partial charge in [-0.25, -0.2) is 0 Å². The molecule has 43 heavy (non-hydrogen) atoms. The minimum Gasteiger partial charge on any atom is -0.467 e. The summed E-state index contributed by atoms with van der Waals surface area (Å²) in [5.74, 6) is 5.51. The zero-order valence-electron chi connectivity index (χ0n) is 24.8. The van der Waals surface area contributed by atoms with Crippen LogP contribution >= 0.6 is 0 Å². The largest absolute Gasteiger partial charge is 0.467 e. The molecule has 1 unspecified atom stereocenters. The molecule has 0 saturated carbocycles. The lowest BCUT2D eigenvalue weighted by Gasteiger charge is -2.31. The lowest BCUT2D eigenvalue weighted by Crippen LogP contribution is -2.29. The number of carbonyl (C=O) groups excluding carboxylic acids is 1. The monoisotopic (exact) mass is 597 g/mol. The highest BCUT2D eigenvalue weighted by molar-refractivity contribution is 5.93. The molecule has 0 bridgehead atoms. The number of hydrogen-bond donors (Lipinski definition) is 1. The fourth-order valence-electron chi connectivity index (χ4n) is 5.78. The molecule has 2 aliphatic heterocycles. The standard InChI is InChI=1S/C30H34F3N7O3/c1-6-9-17-12-18(34)13-20(25(17)30(31,32)33)24-14-22-21(16-43-24)27(36-29(35-22)42-5)39-10-8-11-40-23(15-39)19(7-2)26(37-40)28(41)38(3)4/h12-13,24H,7-8,10-11,14-16,34H2,1-5H3. The molecule has 0 saturated heterocycles. The second-order valence-corrected chi connectivity index (χ2v) is 10.7. The number of rotatable bonds is 5. The summed E-state index contributed by atoms with van der Waals surface area (Å²) in [7, 11) is 4.85. The smallest absolute Gasteiger partial charge is 0.417 e. The van der Waals surface area contributed by atoms with Gasteiger partial charge >= 0.3 is 12.2 Å². The minimum absolute atomic E-state index is 0.0129. The van der Waals surface area contributed by atoms with Crippen LogP contribution in [0.5, 0.6) is 6.01 Å². The Kier molecular flexibility index (Phi) is 8.25. The zero-order chi connectivity index (χ0) is 31.1. The van der Waals surface area contributed by atoms with E-state index in [-0.39, 0.29) is 41.8 Å². The maximum Gasteiger partial charge on any atom is 0.417 e. The SMILES string of the molecule is CC#Cc1cc(N)cc(C2Cc3nc(OC)nc(N4CCCn5nc(C(=O)N(C)C)c(CC)c5C4)c3CO2)c1C(F)(F)F. The number of aromatic nitrogens is 4. The van der Waals surface area contributed by atoms with Crippen molar-refractivity contribution in [1.29, 1.82) is 0 Å². The zero-order valence-corrected chi connectivity index (χ0v) is 24.8. The fourth-order valence-corrected chi connectivity index (χ4v) is 5.78. The van der Waals surface area contributed by atoms with Crippen LogP contribution in [0.15, 0.2) is 12.1 Å². The topological polar surface area (TPSA) is 112 Å². The van der Waals surface area contributed by atoms with Gasteiger partial charge in [-0.15, -0.1) is 5.92 Å². The molecule has 2 aromatic heterocycles. The molecule has 228 valence electrons. The maximum absolute atomic E-state index is 14.3. The molecule has 10 nitrogen and oxygen atoms in total. The summed E-state index contributed by atoms with van der Waals surface area (Å²) in [5.41, 5.74) is 8.49. The normalized spacial score (nSPS) is 16.5. The van der Waals surface area contributed by atoms with Crippen molar-refractivity contribution in [2.45, 2.75) is 65.1 Å². The Bertz CT molecular complexity index is 1620. The van der Waals surface area contributed by atoms with Gasteiger partial charge in [0, 0.05) is 56.0 Å². The van der Waals surface area contributed by atoms with E-state index in [4.69, 9.17) is 15.2 Å². The average molecular weight is 598 g/mol. The summed E-state index contributed by atoms with van der Waals surface area (Å²) in [6.07, 6.45) is -4.22. The van der Waals surface area contributed by atoms with Crippen LogP contribution in [0.4, 0.5) is 24.7 Å². The predicted molar refractivity (Wildman–Crippen MR) is 154 cm³/mol. The minimum atomic E-state index is -4.67. The Hall–Kier alpha value is -4.31. The third-order valence-corrected chi connectivity index (χ3v) is 7.69. The molecule has 13 heteroatoms. The summed E-state index contributed by atoms with van der Waals surface area (Å²) >= 11 is 0. The highest BCUT2D eigenvalue weighted by Gasteiger charge is 2.40. The van der Waals surface area contributed by atoms with Crippen molar-refractivity contribution in [3.63, 3.8) is 0 Å². The van der Waals surface area contributed by atoms with Gasteiger partial charge in [0.1, 0.15) is 5.82 Å². The second-order valence-electron chi connectivity index (χ2n) is 10.7. The van der Waals surface area contributed by atoms with Crippen LogP contribution in [0.25, 0.3) is 0 Å². The summed E-state index contributed by atoms with van der Waals surface area (Å²) in [4.78, 5) is 25.7. The molecule has 0 spiro atoms. The van der Waals surface area contributed by atoms with Gasteiger partial charge in [0.15, 0.2) is 5.69 Å². The van der Waals surface area contributed by atoms with Crippen LogP contribution in [-0.2, 0) is 43.5 Å². The lowest BCUT2D eigenvalue weighted by molar-refractivity contribution is -0.140. The van der Waals surface area contributed by atoms with E-state index in [2.05, 4.69) is 31.8 Å². The van der Waals surface area contributed by atoms with Crippen LogP contribution in [0, 0.1) is 11.8 Å². The number of anilines is 2. The van der Waals surface area contributed by atoms with Crippen molar-refractivity contribution in [1.82, 2.24) is 24.6 Å². The Balaban J connectivity index is 1.55. The van der Waals surface area contributed by atoms with Crippen molar-refractivity contribution in [3.8, 4) is 17.9 Å². The molecule has 5 rings (SSSR count). The maximum atomic E-state index is 14.3. The lowest BCUT2D eigenvalue weighted by atomic mass is 9.91. The van der Waals surface area contributed by atoms with Crippen LogP contribution in [0.3, 0.4) is 0 Å². The molecule has 0 aliphatic carbocycles. The highest BCUT2D eigenvalue weighted by Crippen LogP contribution is 2.43. The number of halogens is 3. The molecule has 1 aromatic carbocycles. The first-order valence-electron chi connectivity index (χ1n) is 14.0. The number of nitrogens with two attached hydrogens (primary N) is 1. The number of amides is 1. The van der Waals surface area contributed by atoms with Crippen molar-refractivity contribution in [2.75, 3.05) is 38.4 Å². The molecule has 1 amide bonds. The Morgan fingerprint density at radius 2 is 2.02 bits per heavy atom. The van der Waals surface area contributed by atoms with Gasteiger partial charge in [0.2, 0.25) is 0 Å². The third kappa shape index (κ3) is 5.71. The Labute approximate surface area is 248 Å². The van der Waals surface area contributed by atoms with Crippen LogP contribution in [-0.4, -0.2) is 58.3 Å². The van der Waals surface area contributed by atoms with Crippen molar-refractivity contribution < 1.29 is 27.4 Å². The van der Waals surface area contributed by atoms with Gasteiger partial charge in [0.05, 0.1) is 43.3 Å². The van der Waals surface area contributed by atoms with E-state index >= 15 is 0 Å². The summed E-state index contributed by atoms with van der Waals surface area (Å²) < 4.78 is 56.4. The number of fused-ring (bicyclic) bond motifs is 2. The average Bonchev–Trinajstić information content (AvgIpc) is 3.17. The summed E-state index contributed by atoms with van der Waals surface area (Å²) in [6, 6.07) is 2.63. The number of nitrogens with zero attached hydrogens (tertiary/aromatic N) is 6. The van der Waals surface area contributed by atoms with E-state index < -0.39 is 17.8 Å². The van der Waals surface area contributed by atoms with Gasteiger partial charge in [-0.1, -0.05) is 12.8 Å². The molecule has 3 aromatic rings. The van der Waals surface area contributed by atoms with E-state index in [1.54, 1.807) is 14.1 Å². The number of hydrogen-bond acceptors (Lipinski definition) is 8. The molecule has 1 atom stereocenters. The van der Waals surface area contributed by atoms with Crippen molar-refractivity contribution >= 4 is 17.4 Å². The van der Waals surface area contributed by atoms with Crippen molar-refractivity contribution in [2.24, 2.45) is 0 Å². The third-order valence-electron chi connectivity index (χ3n) is 7.69. The molecule has 4 heterocycles. The fraction of sp³-hybridized carbons (Fsp3) is 0.467. The number of carbonyl (C=O) groups is 1. The van der Waals surface area contributed by atoms with Gasteiger partial charge in [-0.3, -0.25) is 9.48 Å². The van der Waals surface area contributed by atoms with Gasteiger partial charge in [-0.2, -0.15) is 28.2 Å². The van der Waals surface area contributed by atoms with E-state index in [1.165, 1.54) is 31.1 Å². The highest BCUT2D eigenvalue weighted by atomic mass is 19.4. The van der Waals surface area contributed by atoms with E-state index in [1.807, 2.05) is 11.6 Å². The van der Waals surface area contributed by atoms with E-state index in [0.29, 0.717) is 48.8 Å². The van der Waals surface area contributed by atoms with Gasteiger partial charge in [-0.05, 0) is 37.5 Å². The van der Waals surface area contributed by atoms with Crippen LogP contribution in [0.2, 0.25) is 0 Å². The second kappa shape index (κ2) is 11.8. The number of benzene rings is 1. The van der Waals surface area contributed by atoms with E-state index in [0.717, 1.165) is 17.7 Å². The quantitative estimate of drug-likeness (QED) is 0.345. The van der Waals surface area contributed by atoms with Gasteiger partial charge in [0.25, 0.3) is 5.91 Å². The first-order valence-corrected chi connectivity index (χ1v) is 14.0. The van der Waals surface area contributed by atoms with Crippen LogP contribution in [0.1, 0.15) is 76.1 Å². The molecular weight excluding hydrogens is 563 g/mol. The first kappa shape index (κ1) is 30.2. The molecule has 2 aliphatic rings. The molecule has 2 N–H and O–H groups in total. The van der Waals surface area contributed by atoms with Crippen LogP contribution < -0.4 is 15.4 Å². The first-order chi connectivity index (χ1) is 20.5. The predicted octanol–water partition coefficient (Wildman–Crippen LogP) is 4.14. The summed E-state index contributed by atoms with van der Waals surface area (Å²) in [5, 5.41) is 4.66. The summed E-state index contributed by atoms with van der Waals surface area (Å²) in [6.45, 7) is 5.14. The molecule has 0 fully saturated rings. The Morgan fingerprint density at radius 1 is 1.26 bits per heavy atom. The number of methoxy groups -OCH3 is 1. The number of nitrogen functional groups attached to an aromatic ring is 1. The van der Waals surface area contributed by atoms with E-state index in [9.17, 15) is 18.0 Å². The number of alkyl halides is 3. The molecular formula is C30H34F3N7O3. The number of aryl methyl sites for hydroxylation is 1. The molecule has 0 radical (unpaired) electrons. The Morgan fingerprint density at radius 3 is 2.67 bits per heavy atom. The number of ether oxygens (including phenoxy) is 2. The van der Waals surface area contributed by atoms with Crippen molar-refractivity contribution in [3.05, 3.63) is 57.0 Å².